The fourth-order valence-corrected chi connectivity index (χ4v) is 1.72. The summed E-state index contributed by atoms with van der Waals surface area (Å²) in [4.78, 5) is 10.9. The van der Waals surface area contributed by atoms with Crippen LogP contribution in [0.4, 0.5) is 0 Å². The maximum atomic E-state index is 10.9. The Morgan fingerprint density at radius 1 is 1.42 bits per heavy atom. The van der Waals surface area contributed by atoms with Crippen molar-refractivity contribution in [2.24, 2.45) is 11.3 Å². The minimum atomic E-state index is -0.672. The molecule has 70 valence electrons. The quantitative estimate of drug-likeness (QED) is 0.654. The van der Waals surface area contributed by atoms with Crippen molar-refractivity contribution in [3.63, 3.8) is 0 Å². The number of nitrogens with one attached hydrogen (secondary N) is 1. The van der Waals surface area contributed by atoms with Crippen LogP contribution in [0.1, 0.15) is 26.7 Å². The Bertz CT molecular complexity index is 171. The highest BCUT2D eigenvalue weighted by atomic mass is 16.4. The largest absolute Gasteiger partial charge is 0.481 e. The maximum Gasteiger partial charge on any atom is 0.309 e. The second-order valence-corrected chi connectivity index (χ2v) is 4.05. The molecule has 0 bridgehead atoms. The molecule has 3 nitrogen and oxygen atoms in total. The average molecular weight is 171 g/mol. The first kappa shape index (κ1) is 9.52. The molecule has 0 spiro atoms. The molecule has 0 aromatic carbocycles. The number of hydrogen-bond donors (Lipinski definition) is 2. The molecule has 1 heterocycles. The van der Waals surface area contributed by atoms with Crippen LogP contribution in [0.25, 0.3) is 0 Å². The Kier molecular flexibility index (Phi) is 2.73. The normalized spacial score (nSPS) is 20.8. The van der Waals surface area contributed by atoms with Gasteiger partial charge in [0.1, 0.15) is 0 Å². The van der Waals surface area contributed by atoms with E-state index < -0.39 is 11.4 Å². The number of carboxylic acid groups (broad SMARTS) is 1. The summed E-state index contributed by atoms with van der Waals surface area (Å²) in [7, 11) is 0. The smallest absolute Gasteiger partial charge is 0.309 e. The molecule has 0 aliphatic carbocycles. The molecule has 1 saturated heterocycles. The van der Waals surface area contributed by atoms with E-state index in [0.717, 1.165) is 25.9 Å². The van der Waals surface area contributed by atoms with Gasteiger partial charge in [-0.2, -0.15) is 0 Å². The number of carboxylic acids is 1. The molecule has 3 heteroatoms. The number of aliphatic carboxylic acids is 1. The molecular formula is C9H17NO2. The van der Waals surface area contributed by atoms with Crippen molar-refractivity contribution in [2.45, 2.75) is 26.7 Å². The molecule has 12 heavy (non-hydrogen) atoms. The lowest BCUT2D eigenvalue weighted by atomic mass is 9.74. The SMILES string of the molecule is CC(C)(C(=O)O)C1CCNCC1. The summed E-state index contributed by atoms with van der Waals surface area (Å²) < 4.78 is 0. The van der Waals surface area contributed by atoms with Gasteiger partial charge in [-0.3, -0.25) is 4.79 Å². The van der Waals surface area contributed by atoms with Crippen LogP contribution in [0.3, 0.4) is 0 Å². The summed E-state index contributed by atoms with van der Waals surface area (Å²) >= 11 is 0. The highest BCUT2D eigenvalue weighted by molar-refractivity contribution is 5.74. The van der Waals surface area contributed by atoms with Gasteiger partial charge in [-0.15, -0.1) is 0 Å². The molecule has 2 N–H and O–H groups in total. The summed E-state index contributed by atoms with van der Waals surface area (Å²) in [5, 5.41) is 12.2. The van der Waals surface area contributed by atoms with Gasteiger partial charge in [-0.1, -0.05) is 0 Å². The van der Waals surface area contributed by atoms with E-state index in [1.807, 2.05) is 13.8 Å². The van der Waals surface area contributed by atoms with Crippen molar-refractivity contribution in [3.05, 3.63) is 0 Å². The molecule has 0 saturated carbocycles. The van der Waals surface area contributed by atoms with Crippen LogP contribution < -0.4 is 5.32 Å². The van der Waals surface area contributed by atoms with E-state index in [-0.39, 0.29) is 0 Å². The Labute approximate surface area is 73.2 Å². The lowest BCUT2D eigenvalue weighted by Gasteiger charge is -2.33. The molecule has 1 fully saturated rings. The maximum absolute atomic E-state index is 10.9. The summed E-state index contributed by atoms with van der Waals surface area (Å²) in [6, 6.07) is 0. The zero-order valence-electron chi connectivity index (χ0n) is 7.76. The van der Waals surface area contributed by atoms with Crippen LogP contribution in [-0.4, -0.2) is 24.2 Å². The molecule has 0 amide bonds. The van der Waals surface area contributed by atoms with Crippen LogP contribution in [0.15, 0.2) is 0 Å². The van der Waals surface area contributed by atoms with Gasteiger partial charge < -0.3 is 10.4 Å². The van der Waals surface area contributed by atoms with Crippen LogP contribution in [-0.2, 0) is 4.79 Å². The lowest BCUT2D eigenvalue weighted by molar-refractivity contribution is -0.150. The van der Waals surface area contributed by atoms with E-state index in [1.54, 1.807) is 0 Å². The second kappa shape index (κ2) is 3.44. The van der Waals surface area contributed by atoms with E-state index in [1.165, 1.54) is 0 Å². The van der Waals surface area contributed by atoms with Crippen molar-refractivity contribution in [2.75, 3.05) is 13.1 Å². The third kappa shape index (κ3) is 1.78. The molecule has 1 aliphatic heterocycles. The summed E-state index contributed by atoms with van der Waals surface area (Å²) in [5.74, 6) is -0.342. The third-order valence-corrected chi connectivity index (χ3v) is 2.91. The van der Waals surface area contributed by atoms with Crippen molar-refractivity contribution < 1.29 is 9.90 Å². The first-order valence-electron chi connectivity index (χ1n) is 4.49. The summed E-state index contributed by atoms with van der Waals surface area (Å²) in [6.45, 7) is 5.57. The van der Waals surface area contributed by atoms with E-state index in [0.29, 0.717) is 5.92 Å². The zero-order chi connectivity index (χ0) is 9.19. The molecule has 0 atom stereocenters. The highest BCUT2D eigenvalue weighted by Crippen LogP contribution is 2.33. The van der Waals surface area contributed by atoms with Gasteiger partial charge in [-0.05, 0) is 45.7 Å². The van der Waals surface area contributed by atoms with Gasteiger partial charge in [0.2, 0.25) is 0 Å². The van der Waals surface area contributed by atoms with Gasteiger partial charge >= 0.3 is 5.97 Å². The highest BCUT2D eigenvalue weighted by Gasteiger charge is 2.36. The topological polar surface area (TPSA) is 49.3 Å². The summed E-state index contributed by atoms with van der Waals surface area (Å²) in [5.41, 5.74) is -0.553. The predicted octanol–water partition coefficient (Wildman–Crippen LogP) is 1.10. The van der Waals surface area contributed by atoms with Gasteiger partial charge in [0, 0.05) is 0 Å². The number of carbonyl (C=O) groups is 1. The van der Waals surface area contributed by atoms with Crippen molar-refractivity contribution >= 4 is 5.97 Å². The fourth-order valence-electron chi connectivity index (χ4n) is 1.72. The monoisotopic (exact) mass is 171 g/mol. The summed E-state index contributed by atoms with van der Waals surface area (Å²) in [6.07, 6.45) is 1.97. The third-order valence-electron chi connectivity index (χ3n) is 2.91. The average Bonchev–Trinajstić information content (AvgIpc) is 2.06. The van der Waals surface area contributed by atoms with E-state index in [2.05, 4.69) is 5.32 Å². The molecular weight excluding hydrogens is 154 g/mol. The van der Waals surface area contributed by atoms with E-state index >= 15 is 0 Å². The number of hydrogen-bond acceptors (Lipinski definition) is 2. The number of piperidine rings is 1. The fraction of sp³-hybridized carbons (Fsp3) is 0.889. The van der Waals surface area contributed by atoms with Gasteiger partial charge in [0.25, 0.3) is 0 Å². The zero-order valence-corrected chi connectivity index (χ0v) is 7.76. The molecule has 0 aromatic heterocycles. The predicted molar refractivity (Wildman–Crippen MR) is 47.0 cm³/mol. The Morgan fingerprint density at radius 3 is 2.33 bits per heavy atom. The Hall–Kier alpha value is -0.570. The molecule has 1 aliphatic rings. The van der Waals surface area contributed by atoms with E-state index in [4.69, 9.17) is 5.11 Å². The lowest BCUT2D eigenvalue weighted by Crippen LogP contribution is -2.40. The van der Waals surface area contributed by atoms with E-state index in [9.17, 15) is 4.79 Å². The second-order valence-electron chi connectivity index (χ2n) is 4.05. The minimum Gasteiger partial charge on any atom is -0.481 e. The molecule has 0 aromatic rings. The number of rotatable bonds is 2. The van der Waals surface area contributed by atoms with Crippen LogP contribution in [0.2, 0.25) is 0 Å². The van der Waals surface area contributed by atoms with Crippen LogP contribution in [0, 0.1) is 11.3 Å². The Balaban J connectivity index is 2.59. The molecule has 0 unspecified atom stereocenters. The molecule has 0 radical (unpaired) electrons. The minimum absolute atomic E-state index is 0.330. The standard InChI is InChI=1S/C9H17NO2/c1-9(2,8(11)12)7-3-5-10-6-4-7/h7,10H,3-6H2,1-2H3,(H,11,12). The van der Waals surface area contributed by atoms with Crippen molar-refractivity contribution in [1.82, 2.24) is 5.32 Å². The van der Waals surface area contributed by atoms with Gasteiger partial charge in [0.15, 0.2) is 0 Å². The van der Waals surface area contributed by atoms with Crippen LogP contribution >= 0.6 is 0 Å². The van der Waals surface area contributed by atoms with Crippen molar-refractivity contribution in [3.8, 4) is 0 Å². The van der Waals surface area contributed by atoms with Gasteiger partial charge in [0.05, 0.1) is 5.41 Å². The van der Waals surface area contributed by atoms with Crippen molar-refractivity contribution in [1.29, 1.82) is 0 Å². The van der Waals surface area contributed by atoms with Crippen LogP contribution in [0.5, 0.6) is 0 Å². The Morgan fingerprint density at radius 2 is 1.92 bits per heavy atom. The van der Waals surface area contributed by atoms with Gasteiger partial charge in [-0.25, -0.2) is 0 Å². The first-order valence-corrected chi connectivity index (χ1v) is 4.49. The first-order chi connectivity index (χ1) is 5.55. The molecule has 1 rings (SSSR count).